The van der Waals surface area contributed by atoms with Crippen molar-refractivity contribution >= 4 is 52.8 Å². The molecule has 0 aliphatic rings. The molecule has 0 saturated carbocycles. The minimum atomic E-state index is -0.510. The van der Waals surface area contributed by atoms with E-state index < -0.39 is 10.8 Å². The molecule has 3 N–H and O–H groups in total. The smallest absolute Gasteiger partial charge is 0.283 e. The third-order valence-electron chi connectivity index (χ3n) is 4.42. The van der Waals surface area contributed by atoms with Gasteiger partial charge in [-0.3, -0.25) is 24.5 Å². The van der Waals surface area contributed by atoms with Crippen LogP contribution in [0.25, 0.3) is 0 Å². The summed E-state index contributed by atoms with van der Waals surface area (Å²) in [5, 5.41) is 20.9. The number of hydrogen-bond acceptors (Lipinski definition) is 7. The van der Waals surface area contributed by atoms with Crippen LogP contribution in [0.1, 0.15) is 29.8 Å². The molecule has 3 aromatic rings. The summed E-state index contributed by atoms with van der Waals surface area (Å²) in [6, 6.07) is 17.9. The molecule has 178 valence electrons. The second-order valence-corrected chi connectivity index (χ2v) is 8.31. The summed E-state index contributed by atoms with van der Waals surface area (Å²) in [4.78, 5) is 47.2. The van der Waals surface area contributed by atoms with Gasteiger partial charge < -0.3 is 10.6 Å². The van der Waals surface area contributed by atoms with Crippen molar-refractivity contribution in [2.75, 3.05) is 10.6 Å². The maximum absolute atomic E-state index is 12.3. The van der Waals surface area contributed by atoms with Gasteiger partial charge in [0.05, 0.1) is 21.7 Å². The van der Waals surface area contributed by atoms with E-state index in [1.54, 1.807) is 54.6 Å². The Hall–Kier alpha value is -4.51. The molecule has 0 unspecified atom stereocenters. The Morgan fingerprint density at radius 3 is 2.37 bits per heavy atom. The molecule has 3 rings (SSSR count). The Balaban J connectivity index is 1.75. The maximum Gasteiger partial charge on any atom is 0.283 e. The topological polar surface area (TPSA) is 143 Å². The van der Waals surface area contributed by atoms with Gasteiger partial charge in [0, 0.05) is 41.6 Å². The zero-order chi connectivity index (χ0) is 25.4. The normalized spacial score (nSPS) is 10.6. The van der Waals surface area contributed by atoms with E-state index in [2.05, 4.69) is 21.2 Å². The summed E-state index contributed by atoms with van der Waals surface area (Å²) in [5.41, 5.74) is 3.92. The molecule has 0 fully saturated rings. The third kappa shape index (κ3) is 7.24. The number of nitro groups is 1. The fourth-order valence-corrected chi connectivity index (χ4v) is 3.97. The van der Waals surface area contributed by atoms with Crippen LogP contribution in [0.15, 0.2) is 81.6 Å². The Labute approximate surface area is 205 Å². The standard InChI is InChI=1S/C24H21N5O5S/c1-15(30)26-19-7-5-6-18(13-19)24(32)28-25-14-17-10-11-23(21(12-17)29(33)34)35-22-9-4-3-8-20(22)27-16(2)31/h3-14H,1-2H3,(H,26,30)(H,27,31)(H,28,32)/b25-14+. The van der Waals surface area contributed by atoms with Gasteiger partial charge in [0.2, 0.25) is 11.8 Å². The molecule has 0 saturated heterocycles. The fourth-order valence-electron chi connectivity index (χ4n) is 2.98. The maximum atomic E-state index is 12.3. The summed E-state index contributed by atoms with van der Waals surface area (Å²) in [6.07, 6.45) is 1.29. The van der Waals surface area contributed by atoms with Crippen LogP contribution >= 0.6 is 11.8 Å². The number of benzene rings is 3. The lowest BCUT2D eigenvalue weighted by molar-refractivity contribution is -0.387. The predicted molar refractivity (Wildman–Crippen MR) is 134 cm³/mol. The van der Waals surface area contributed by atoms with Gasteiger partial charge in [-0.2, -0.15) is 5.10 Å². The minimum Gasteiger partial charge on any atom is -0.326 e. The molecule has 3 aromatic carbocycles. The quantitative estimate of drug-likeness (QED) is 0.242. The van der Waals surface area contributed by atoms with E-state index >= 15 is 0 Å². The van der Waals surface area contributed by atoms with Crippen molar-refractivity contribution in [2.24, 2.45) is 5.10 Å². The lowest BCUT2D eigenvalue weighted by Gasteiger charge is -2.10. The number of hydrazone groups is 1. The van der Waals surface area contributed by atoms with Gasteiger partial charge in [0.25, 0.3) is 11.6 Å². The van der Waals surface area contributed by atoms with E-state index in [0.717, 1.165) is 11.8 Å². The second kappa shape index (κ2) is 11.6. The van der Waals surface area contributed by atoms with Crippen molar-refractivity contribution < 1.29 is 19.3 Å². The van der Waals surface area contributed by atoms with E-state index in [0.29, 0.717) is 26.7 Å². The van der Waals surface area contributed by atoms with E-state index in [1.165, 1.54) is 32.2 Å². The highest BCUT2D eigenvalue weighted by molar-refractivity contribution is 7.99. The number of hydrogen-bond donors (Lipinski definition) is 3. The number of carbonyl (C=O) groups is 3. The zero-order valence-corrected chi connectivity index (χ0v) is 19.6. The lowest BCUT2D eigenvalue weighted by Crippen LogP contribution is -2.18. The van der Waals surface area contributed by atoms with E-state index in [-0.39, 0.29) is 23.1 Å². The molecule has 0 aliphatic heterocycles. The first kappa shape index (κ1) is 25.1. The van der Waals surface area contributed by atoms with E-state index in [9.17, 15) is 24.5 Å². The van der Waals surface area contributed by atoms with E-state index in [4.69, 9.17) is 0 Å². The molecule has 35 heavy (non-hydrogen) atoms. The predicted octanol–water partition coefficient (Wildman–Crippen LogP) is 4.43. The number of nitro benzene ring substituents is 1. The molecule has 0 aliphatic carbocycles. The molecule has 0 bridgehead atoms. The van der Waals surface area contributed by atoms with Crippen LogP contribution in [0, 0.1) is 10.1 Å². The van der Waals surface area contributed by atoms with Crippen molar-refractivity contribution in [2.45, 2.75) is 23.6 Å². The largest absolute Gasteiger partial charge is 0.326 e. The van der Waals surface area contributed by atoms with Crippen LogP contribution in [-0.2, 0) is 9.59 Å². The van der Waals surface area contributed by atoms with Crippen LogP contribution in [-0.4, -0.2) is 28.9 Å². The van der Waals surface area contributed by atoms with Crippen molar-refractivity contribution in [1.82, 2.24) is 5.43 Å². The molecular weight excluding hydrogens is 470 g/mol. The molecule has 10 nitrogen and oxygen atoms in total. The highest BCUT2D eigenvalue weighted by Crippen LogP contribution is 2.38. The molecule has 0 radical (unpaired) electrons. The SMILES string of the molecule is CC(=O)Nc1cccc(C(=O)N/N=C/c2ccc(Sc3ccccc3NC(C)=O)c([N+](=O)[O-])c2)c1. The molecule has 0 spiro atoms. The second-order valence-electron chi connectivity index (χ2n) is 7.22. The van der Waals surface area contributed by atoms with Crippen molar-refractivity contribution in [1.29, 1.82) is 0 Å². The van der Waals surface area contributed by atoms with Gasteiger partial charge in [0.15, 0.2) is 0 Å². The van der Waals surface area contributed by atoms with Gasteiger partial charge in [-0.25, -0.2) is 5.43 Å². The van der Waals surface area contributed by atoms with Crippen molar-refractivity contribution in [3.05, 3.63) is 88.0 Å². The van der Waals surface area contributed by atoms with Crippen LogP contribution < -0.4 is 16.1 Å². The Morgan fingerprint density at radius 1 is 0.914 bits per heavy atom. The summed E-state index contributed by atoms with van der Waals surface area (Å²) in [7, 11) is 0. The number of para-hydroxylation sites is 1. The first-order valence-electron chi connectivity index (χ1n) is 10.3. The van der Waals surface area contributed by atoms with Crippen molar-refractivity contribution in [3.63, 3.8) is 0 Å². The number of nitrogens with one attached hydrogen (secondary N) is 3. The van der Waals surface area contributed by atoms with Crippen LogP contribution in [0.2, 0.25) is 0 Å². The Bertz CT molecular complexity index is 1330. The molecule has 0 atom stereocenters. The van der Waals surface area contributed by atoms with Crippen LogP contribution in [0.5, 0.6) is 0 Å². The van der Waals surface area contributed by atoms with Crippen LogP contribution in [0.4, 0.5) is 17.1 Å². The van der Waals surface area contributed by atoms with E-state index in [1.807, 2.05) is 0 Å². The number of rotatable bonds is 8. The Morgan fingerprint density at radius 2 is 1.66 bits per heavy atom. The molecule has 0 aromatic heterocycles. The zero-order valence-electron chi connectivity index (χ0n) is 18.8. The highest BCUT2D eigenvalue weighted by Gasteiger charge is 2.17. The number of nitrogens with zero attached hydrogens (tertiary/aromatic N) is 2. The van der Waals surface area contributed by atoms with Gasteiger partial charge in [-0.15, -0.1) is 0 Å². The Kier molecular flexibility index (Phi) is 8.30. The van der Waals surface area contributed by atoms with Gasteiger partial charge in [-0.1, -0.05) is 36.0 Å². The highest BCUT2D eigenvalue weighted by atomic mass is 32.2. The number of anilines is 2. The lowest BCUT2D eigenvalue weighted by atomic mass is 10.2. The summed E-state index contributed by atoms with van der Waals surface area (Å²) < 4.78 is 0. The molecule has 3 amide bonds. The average Bonchev–Trinajstić information content (AvgIpc) is 2.80. The number of carbonyl (C=O) groups excluding carboxylic acids is 3. The van der Waals surface area contributed by atoms with Crippen LogP contribution in [0.3, 0.4) is 0 Å². The average molecular weight is 492 g/mol. The van der Waals surface area contributed by atoms with Crippen molar-refractivity contribution in [3.8, 4) is 0 Å². The first-order chi connectivity index (χ1) is 16.7. The monoisotopic (exact) mass is 491 g/mol. The first-order valence-corrected chi connectivity index (χ1v) is 11.1. The minimum absolute atomic E-state index is 0.147. The van der Waals surface area contributed by atoms with Gasteiger partial charge >= 0.3 is 0 Å². The molecule has 11 heteroatoms. The fraction of sp³-hybridized carbons (Fsp3) is 0.0833. The molecule has 0 heterocycles. The summed E-state index contributed by atoms with van der Waals surface area (Å²) in [6.45, 7) is 2.75. The molecular formula is C24H21N5O5S. The van der Waals surface area contributed by atoms with Gasteiger partial charge in [0.1, 0.15) is 0 Å². The third-order valence-corrected chi connectivity index (χ3v) is 5.56. The van der Waals surface area contributed by atoms with Gasteiger partial charge in [-0.05, 0) is 36.4 Å². The number of amides is 3. The summed E-state index contributed by atoms with van der Waals surface area (Å²) >= 11 is 1.15. The summed E-state index contributed by atoms with van der Waals surface area (Å²) in [5.74, 6) is -1.02.